The van der Waals surface area contributed by atoms with Crippen molar-refractivity contribution in [3.63, 3.8) is 0 Å². The van der Waals surface area contributed by atoms with Gasteiger partial charge in [-0.1, -0.05) is 23.9 Å². The molecule has 0 aliphatic carbocycles. The highest BCUT2D eigenvalue weighted by molar-refractivity contribution is 8.15. The molecular weight excluding hydrogens is 320 g/mol. The SMILES string of the molecule is CC1=NC(C(=O)Oc2ccc(CC3SC(=O)NC3=O)cc2)CO1. The van der Waals surface area contributed by atoms with Crippen LogP contribution in [-0.2, 0) is 20.7 Å². The van der Waals surface area contributed by atoms with E-state index in [1.807, 2.05) is 0 Å². The molecule has 2 aliphatic rings. The first-order valence-corrected chi connectivity index (χ1v) is 7.88. The van der Waals surface area contributed by atoms with Gasteiger partial charge in [0.1, 0.15) is 12.4 Å². The van der Waals surface area contributed by atoms with Crippen molar-refractivity contribution in [3.8, 4) is 5.75 Å². The second-order valence-corrected chi connectivity index (χ2v) is 6.30. The highest BCUT2D eigenvalue weighted by atomic mass is 32.2. The fourth-order valence-electron chi connectivity index (χ4n) is 2.23. The molecule has 120 valence electrons. The Labute approximate surface area is 136 Å². The molecule has 0 bridgehead atoms. The fourth-order valence-corrected chi connectivity index (χ4v) is 3.09. The third-order valence-corrected chi connectivity index (χ3v) is 4.37. The zero-order valence-electron chi connectivity index (χ0n) is 12.3. The monoisotopic (exact) mass is 334 g/mol. The van der Waals surface area contributed by atoms with Crippen molar-refractivity contribution in [2.75, 3.05) is 6.61 Å². The summed E-state index contributed by atoms with van der Waals surface area (Å²) >= 11 is 0.987. The van der Waals surface area contributed by atoms with Crippen molar-refractivity contribution in [2.24, 2.45) is 4.99 Å². The number of thioether (sulfide) groups is 1. The van der Waals surface area contributed by atoms with Crippen LogP contribution < -0.4 is 10.1 Å². The van der Waals surface area contributed by atoms with Gasteiger partial charge in [0.25, 0.3) is 5.24 Å². The Bertz CT molecular complexity index is 686. The summed E-state index contributed by atoms with van der Waals surface area (Å²) in [6.07, 6.45) is 0.441. The minimum atomic E-state index is -0.626. The number of nitrogens with zero attached hydrogens (tertiary/aromatic N) is 1. The Morgan fingerprint density at radius 2 is 2.13 bits per heavy atom. The van der Waals surface area contributed by atoms with Crippen LogP contribution >= 0.6 is 11.8 Å². The first kappa shape index (κ1) is 15.5. The Hall–Kier alpha value is -2.35. The van der Waals surface area contributed by atoms with Gasteiger partial charge in [0.05, 0.1) is 5.25 Å². The molecule has 1 aromatic rings. The summed E-state index contributed by atoms with van der Waals surface area (Å²) in [7, 11) is 0. The number of ether oxygens (including phenoxy) is 2. The van der Waals surface area contributed by atoms with Crippen LogP contribution in [0, 0.1) is 0 Å². The van der Waals surface area contributed by atoms with Crippen molar-refractivity contribution < 1.29 is 23.9 Å². The average Bonchev–Trinajstić information content (AvgIpc) is 3.07. The molecule has 1 fully saturated rings. The number of imide groups is 1. The van der Waals surface area contributed by atoms with Crippen LogP contribution in [0.4, 0.5) is 4.79 Å². The van der Waals surface area contributed by atoms with E-state index in [1.165, 1.54) is 0 Å². The summed E-state index contributed by atoms with van der Waals surface area (Å²) in [5.74, 6) is 0.137. The van der Waals surface area contributed by atoms with Gasteiger partial charge in [0.2, 0.25) is 5.91 Å². The van der Waals surface area contributed by atoms with Crippen LogP contribution in [0.2, 0.25) is 0 Å². The summed E-state index contributed by atoms with van der Waals surface area (Å²) in [5, 5.41) is 1.52. The third kappa shape index (κ3) is 3.70. The molecule has 2 aliphatic heterocycles. The lowest BCUT2D eigenvalue weighted by atomic mass is 10.1. The number of aliphatic imine (C=N–C) groups is 1. The van der Waals surface area contributed by atoms with Gasteiger partial charge in [-0.2, -0.15) is 0 Å². The first-order chi connectivity index (χ1) is 11.0. The molecule has 2 heterocycles. The second-order valence-electron chi connectivity index (χ2n) is 5.13. The predicted molar refractivity (Wildman–Crippen MR) is 83.5 cm³/mol. The lowest BCUT2D eigenvalue weighted by Gasteiger charge is -2.08. The number of carbonyl (C=O) groups is 3. The standard InChI is InChI=1S/C15H14N2O5S/c1-8-16-11(7-21-8)14(19)22-10-4-2-9(3-5-10)6-12-13(18)17-15(20)23-12/h2-5,11-12H,6-7H2,1H3,(H,17,18,20). The Kier molecular flexibility index (Phi) is 4.33. The molecule has 3 rings (SSSR count). The second kappa shape index (κ2) is 6.41. The van der Waals surface area contributed by atoms with E-state index < -0.39 is 17.3 Å². The number of nitrogens with one attached hydrogen (secondary N) is 1. The Balaban J connectivity index is 1.58. The smallest absolute Gasteiger partial charge is 0.339 e. The predicted octanol–water partition coefficient (Wildman–Crippen LogP) is 1.30. The van der Waals surface area contributed by atoms with Gasteiger partial charge in [-0.3, -0.25) is 14.9 Å². The molecule has 0 aromatic heterocycles. The number of benzene rings is 1. The van der Waals surface area contributed by atoms with E-state index in [2.05, 4.69) is 10.3 Å². The van der Waals surface area contributed by atoms with Crippen molar-refractivity contribution in [1.82, 2.24) is 5.32 Å². The number of rotatable bonds is 4. The molecule has 2 amide bonds. The zero-order chi connectivity index (χ0) is 16.4. The maximum atomic E-state index is 11.9. The molecular formula is C15H14N2O5S. The highest BCUT2D eigenvalue weighted by Crippen LogP contribution is 2.24. The maximum absolute atomic E-state index is 11.9. The van der Waals surface area contributed by atoms with E-state index in [-0.39, 0.29) is 17.8 Å². The maximum Gasteiger partial charge on any atom is 0.339 e. The molecule has 1 N–H and O–H groups in total. The summed E-state index contributed by atoms with van der Waals surface area (Å²) in [6, 6.07) is 6.20. The quantitative estimate of drug-likeness (QED) is 0.659. The lowest BCUT2D eigenvalue weighted by Crippen LogP contribution is -2.25. The van der Waals surface area contributed by atoms with Crippen LogP contribution in [0.15, 0.2) is 29.3 Å². The van der Waals surface area contributed by atoms with Gasteiger partial charge in [0.15, 0.2) is 11.9 Å². The average molecular weight is 334 g/mol. The summed E-state index contributed by atoms with van der Waals surface area (Å²) in [4.78, 5) is 38.6. The van der Waals surface area contributed by atoms with Crippen LogP contribution in [-0.4, -0.2) is 40.9 Å². The first-order valence-electron chi connectivity index (χ1n) is 7.00. The Morgan fingerprint density at radius 1 is 1.39 bits per heavy atom. The molecule has 1 saturated heterocycles. The molecule has 7 nitrogen and oxygen atoms in total. The normalized spacial score (nSPS) is 23.3. The van der Waals surface area contributed by atoms with Crippen molar-refractivity contribution in [1.29, 1.82) is 0 Å². The molecule has 0 saturated carbocycles. The van der Waals surface area contributed by atoms with Gasteiger partial charge >= 0.3 is 5.97 Å². The molecule has 1 aromatic carbocycles. The van der Waals surface area contributed by atoms with Gasteiger partial charge in [0, 0.05) is 6.92 Å². The zero-order valence-corrected chi connectivity index (χ0v) is 13.1. The molecule has 0 radical (unpaired) electrons. The van der Waals surface area contributed by atoms with Gasteiger partial charge in [-0.25, -0.2) is 9.79 Å². The van der Waals surface area contributed by atoms with Crippen molar-refractivity contribution in [3.05, 3.63) is 29.8 Å². The van der Waals surface area contributed by atoms with Gasteiger partial charge < -0.3 is 9.47 Å². The van der Waals surface area contributed by atoms with Gasteiger partial charge in [-0.15, -0.1) is 0 Å². The van der Waals surface area contributed by atoms with E-state index in [1.54, 1.807) is 31.2 Å². The summed E-state index contributed by atoms with van der Waals surface area (Å²) in [6.45, 7) is 1.88. The summed E-state index contributed by atoms with van der Waals surface area (Å²) in [5.41, 5.74) is 0.880. The Morgan fingerprint density at radius 3 is 2.70 bits per heavy atom. The van der Waals surface area contributed by atoms with E-state index in [0.29, 0.717) is 18.1 Å². The summed E-state index contributed by atoms with van der Waals surface area (Å²) < 4.78 is 10.4. The van der Waals surface area contributed by atoms with E-state index >= 15 is 0 Å². The van der Waals surface area contributed by atoms with Crippen molar-refractivity contribution >= 4 is 34.8 Å². The van der Waals surface area contributed by atoms with E-state index in [0.717, 1.165) is 17.3 Å². The highest BCUT2D eigenvalue weighted by Gasteiger charge is 2.31. The largest absolute Gasteiger partial charge is 0.478 e. The minimum absolute atomic E-state index is 0.199. The lowest BCUT2D eigenvalue weighted by molar-refractivity contribution is -0.136. The molecule has 2 atom stereocenters. The molecule has 8 heteroatoms. The third-order valence-electron chi connectivity index (χ3n) is 3.39. The van der Waals surface area contributed by atoms with Crippen LogP contribution in [0.25, 0.3) is 0 Å². The van der Waals surface area contributed by atoms with Crippen LogP contribution in [0.1, 0.15) is 12.5 Å². The number of carbonyl (C=O) groups excluding carboxylic acids is 3. The van der Waals surface area contributed by atoms with Crippen LogP contribution in [0.5, 0.6) is 5.75 Å². The topological polar surface area (TPSA) is 94.1 Å². The molecule has 0 spiro atoms. The fraction of sp³-hybridized carbons (Fsp3) is 0.333. The molecule has 2 unspecified atom stereocenters. The van der Waals surface area contributed by atoms with E-state index in [4.69, 9.17) is 9.47 Å². The van der Waals surface area contributed by atoms with E-state index in [9.17, 15) is 14.4 Å². The number of hydrogen-bond donors (Lipinski definition) is 1. The van der Waals surface area contributed by atoms with Gasteiger partial charge in [-0.05, 0) is 24.1 Å². The minimum Gasteiger partial charge on any atom is -0.478 e. The number of hydrogen-bond acceptors (Lipinski definition) is 7. The number of amides is 2. The van der Waals surface area contributed by atoms with Crippen molar-refractivity contribution in [2.45, 2.75) is 24.6 Å². The van der Waals surface area contributed by atoms with Crippen LogP contribution in [0.3, 0.4) is 0 Å². The number of esters is 1. The molecule has 23 heavy (non-hydrogen) atoms.